The highest BCUT2D eigenvalue weighted by atomic mass is 79.9. The highest BCUT2D eigenvalue weighted by Crippen LogP contribution is 2.55. The van der Waals surface area contributed by atoms with Gasteiger partial charge in [0.1, 0.15) is 0 Å². The van der Waals surface area contributed by atoms with Crippen LogP contribution in [-0.4, -0.2) is 32.4 Å². The molecule has 4 bridgehead atoms. The van der Waals surface area contributed by atoms with Gasteiger partial charge >= 0.3 is 5.97 Å². The van der Waals surface area contributed by atoms with Crippen molar-refractivity contribution in [2.75, 3.05) is 11.3 Å². The number of hydrogen-bond acceptors (Lipinski definition) is 5. The Kier molecular flexibility index (Phi) is 6.18. The summed E-state index contributed by atoms with van der Waals surface area (Å²) in [5.41, 5.74) is 0.444. The van der Waals surface area contributed by atoms with E-state index in [-0.39, 0.29) is 28.5 Å². The molecule has 7 nitrogen and oxygen atoms in total. The lowest BCUT2D eigenvalue weighted by atomic mass is 9.53. The van der Waals surface area contributed by atoms with Gasteiger partial charge in [-0.1, -0.05) is 15.9 Å². The quantitative estimate of drug-likeness (QED) is 0.498. The van der Waals surface area contributed by atoms with Gasteiger partial charge in [0, 0.05) is 15.7 Å². The van der Waals surface area contributed by atoms with Crippen molar-refractivity contribution in [1.82, 2.24) is 5.32 Å². The van der Waals surface area contributed by atoms with Crippen molar-refractivity contribution >= 4 is 43.5 Å². The zero-order chi connectivity index (χ0) is 23.9. The standard InChI is InChI=1S/C25H27BrN2O5S/c26-20-3-7-22(8-4-20)34(31,32)28-21-5-1-19(2-6-21)24(30)33-15-23(29)27-25-12-16-9-17(13-25)11-18(10-16)14-25/h1-8,16-18,28H,9-15H2,(H,27,29). The molecule has 6 rings (SSSR count). The van der Waals surface area contributed by atoms with E-state index in [2.05, 4.69) is 26.0 Å². The fourth-order valence-electron chi connectivity index (χ4n) is 6.31. The third kappa shape index (κ3) is 5.00. The summed E-state index contributed by atoms with van der Waals surface area (Å²) in [7, 11) is -3.75. The van der Waals surface area contributed by atoms with E-state index in [1.807, 2.05) is 0 Å². The SMILES string of the molecule is O=C(COC(=O)c1ccc(NS(=O)(=O)c2ccc(Br)cc2)cc1)NC12CC3CC(CC(C3)C1)C2. The number of amides is 1. The Balaban J connectivity index is 1.14. The summed E-state index contributed by atoms with van der Waals surface area (Å²) in [5.74, 6) is 1.27. The van der Waals surface area contributed by atoms with E-state index in [1.54, 1.807) is 12.1 Å². The van der Waals surface area contributed by atoms with Crippen molar-refractivity contribution in [2.45, 2.75) is 49.0 Å². The molecule has 2 N–H and O–H groups in total. The highest BCUT2D eigenvalue weighted by molar-refractivity contribution is 9.10. The summed E-state index contributed by atoms with van der Waals surface area (Å²) >= 11 is 3.28. The van der Waals surface area contributed by atoms with Gasteiger partial charge in [0.2, 0.25) is 0 Å². The van der Waals surface area contributed by atoms with Crippen molar-refractivity contribution in [3.63, 3.8) is 0 Å². The Hall–Kier alpha value is -2.39. The number of carbonyl (C=O) groups is 2. The van der Waals surface area contributed by atoms with E-state index in [9.17, 15) is 18.0 Å². The normalized spacial score (nSPS) is 27.3. The number of hydrogen-bond donors (Lipinski definition) is 2. The lowest BCUT2D eigenvalue weighted by Crippen LogP contribution is -2.60. The van der Waals surface area contributed by atoms with Crippen LogP contribution in [0.15, 0.2) is 57.9 Å². The largest absolute Gasteiger partial charge is 0.452 e. The van der Waals surface area contributed by atoms with Gasteiger partial charge in [0.15, 0.2) is 6.61 Å². The molecular weight excluding hydrogens is 520 g/mol. The average molecular weight is 547 g/mol. The third-order valence-corrected chi connectivity index (χ3v) is 9.20. The van der Waals surface area contributed by atoms with E-state index in [0.717, 1.165) is 23.7 Å². The van der Waals surface area contributed by atoms with Crippen LogP contribution in [0.1, 0.15) is 48.9 Å². The number of benzene rings is 2. The smallest absolute Gasteiger partial charge is 0.338 e. The van der Waals surface area contributed by atoms with E-state index in [0.29, 0.717) is 23.4 Å². The number of anilines is 1. The number of sulfonamides is 1. The van der Waals surface area contributed by atoms with Crippen molar-refractivity contribution in [3.05, 3.63) is 58.6 Å². The van der Waals surface area contributed by atoms with Crippen LogP contribution in [0.25, 0.3) is 0 Å². The van der Waals surface area contributed by atoms with Crippen LogP contribution in [0.4, 0.5) is 5.69 Å². The molecule has 180 valence electrons. The van der Waals surface area contributed by atoms with Crippen molar-refractivity contribution < 1.29 is 22.7 Å². The number of ether oxygens (including phenoxy) is 1. The van der Waals surface area contributed by atoms with Gasteiger partial charge in [-0.3, -0.25) is 9.52 Å². The Labute approximate surface area is 207 Å². The first-order valence-electron chi connectivity index (χ1n) is 11.6. The molecule has 0 radical (unpaired) electrons. The maximum Gasteiger partial charge on any atom is 0.338 e. The minimum atomic E-state index is -3.75. The maximum atomic E-state index is 12.6. The molecule has 4 aliphatic carbocycles. The molecule has 4 saturated carbocycles. The summed E-state index contributed by atoms with van der Waals surface area (Å²) < 4.78 is 33.5. The van der Waals surface area contributed by atoms with Gasteiger partial charge in [-0.2, -0.15) is 0 Å². The number of esters is 1. The Bertz CT molecular complexity index is 1160. The molecule has 0 aliphatic heterocycles. The van der Waals surface area contributed by atoms with Crippen LogP contribution in [0.5, 0.6) is 0 Å². The number of nitrogens with one attached hydrogen (secondary N) is 2. The van der Waals surface area contributed by atoms with E-state index in [1.165, 1.54) is 55.7 Å². The summed E-state index contributed by atoms with van der Waals surface area (Å²) in [6.07, 6.45) is 6.99. The van der Waals surface area contributed by atoms with Gasteiger partial charge in [-0.25, -0.2) is 13.2 Å². The van der Waals surface area contributed by atoms with Gasteiger partial charge < -0.3 is 10.1 Å². The summed E-state index contributed by atoms with van der Waals surface area (Å²) in [4.78, 5) is 25.1. The zero-order valence-corrected chi connectivity index (χ0v) is 21.0. The van der Waals surface area contributed by atoms with Gasteiger partial charge in [0.05, 0.1) is 10.5 Å². The fraction of sp³-hybridized carbons (Fsp3) is 0.440. The van der Waals surface area contributed by atoms with Gasteiger partial charge in [-0.15, -0.1) is 0 Å². The first-order valence-corrected chi connectivity index (χ1v) is 13.8. The molecule has 9 heteroatoms. The van der Waals surface area contributed by atoms with E-state index >= 15 is 0 Å². The summed E-state index contributed by atoms with van der Waals surface area (Å²) in [6.45, 7) is -0.321. The lowest BCUT2D eigenvalue weighted by molar-refractivity contribution is -0.130. The molecular formula is C25H27BrN2O5S. The zero-order valence-electron chi connectivity index (χ0n) is 18.6. The van der Waals surface area contributed by atoms with Crippen LogP contribution >= 0.6 is 15.9 Å². The summed E-state index contributed by atoms with van der Waals surface area (Å²) in [6, 6.07) is 12.2. The molecule has 0 atom stereocenters. The third-order valence-electron chi connectivity index (χ3n) is 7.27. The van der Waals surface area contributed by atoms with Crippen molar-refractivity contribution in [3.8, 4) is 0 Å². The van der Waals surface area contributed by atoms with Crippen LogP contribution in [-0.2, 0) is 19.6 Å². The molecule has 0 spiro atoms. The minimum absolute atomic E-state index is 0.119. The number of carbonyl (C=O) groups excluding carboxylic acids is 2. The summed E-state index contributed by atoms with van der Waals surface area (Å²) in [5, 5.41) is 3.19. The highest BCUT2D eigenvalue weighted by Gasteiger charge is 2.51. The maximum absolute atomic E-state index is 12.6. The molecule has 34 heavy (non-hydrogen) atoms. The second-order valence-electron chi connectivity index (χ2n) is 9.96. The Morgan fingerprint density at radius 1 is 0.912 bits per heavy atom. The van der Waals surface area contributed by atoms with E-state index in [4.69, 9.17) is 4.74 Å². The van der Waals surface area contributed by atoms with Crippen molar-refractivity contribution in [2.24, 2.45) is 17.8 Å². The van der Waals surface area contributed by atoms with Crippen LogP contribution < -0.4 is 10.0 Å². The molecule has 2 aromatic rings. The Morgan fingerprint density at radius 3 is 2.03 bits per heavy atom. The average Bonchev–Trinajstić information content (AvgIpc) is 2.77. The molecule has 4 fully saturated rings. The number of halogens is 1. The van der Waals surface area contributed by atoms with Crippen LogP contribution in [0, 0.1) is 17.8 Å². The van der Waals surface area contributed by atoms with Gasteiger partial charge in [0.25, 0.3) is 15.9 Å². The molecule has 0 heterocycles. The molecule has 0 aromatic heterocycles. The lowest BCUT2D eigenvalue weighted by Gasteiger charge is -2.56. The predicted molar refractivity (Wildman–Crippen MR) is 131 cm³/mol. The second-order valence-corrected chi connectivity index (χ2v) is 12.6. The van der Waals surface area contributed by atoms with Crippen LogP contribution in [0.3, 0.4) is 0 Å². The number of rotatable bonds is 7. The van der Waals surface area contributed by atoms with Crippen molar-refractivity contribution in [1.29, 1.82) is 0 Å². The first kappa shape index (κ1) is 23.4. The molecule has 2 aromatic carbocycles. The Morgan fingerprint density at radius 2 is 1.47 bits per heavy atom. The molecule has 4 aliphatic rings. The fourth-order valence-corrected chi connectivity index (χ4v) is 7.64. The molecule has 0 unspecified atom stereocenters. The van der Waals surface area contributed by atoms with Gasteiger partial charge in [-0.05, 0) is 105 Å². The topological polar surface area (TPSA) is 102 Å². The van der Waals surface area contributed by atoms with Crippen LogP contribution in [0.2, 0.25) is 0 Å². The minimum Gasteiger partial charge on any atom is -0.452 e. The monoisotopic (exact) mass is 546 g/mol. The second kappa shape index (κ2) is 9.00. The molecule has 0 saturated heterocycles. The predicted octanol–water partition coefficient (Wildman–Crippen LogP) is 4.49. The van der Waals surface area contributed by atoms with E-state index < -0.39 is 16.0 Å². The molecule has 1 amide bonds. The first-order chi connectivity index (χ1) is 16.2.